The van der Waals surface area contributed by atoms with Crippen molar-refractivity contribution in [1.82, 2.24) is 4.90 Å². The summed E-state index contributed by atoms with van der Waals surface area (Å²) in [6.45, 7) is 0.111. The zero-order valence-corrected chi connectivity index (χ0v) is 11.9. The van der Waals surface area contributed by atoms with E-state index >= 15 is 0 Å². The molecule has 110 valence electrons. The fourth-order valence-electron chi connectivity index (χ4n) is 1.53. The Morgan fingerprint density at radius 1 is 1.29 bits per heavy atom. The number of carbonyl (C=O) groups is 2. The van der Waals surface area contributed by atoms with Gasteiger partial charge < -0.3 is 14.7 Å². The van der Waals surface area contributed by atoms with Crippen LogP contribution in [-0.4, -0.2) is 41.6 Å². The van der Waals surface area contributed by atoms with E-state index in [1.165, 1.54) is 11.0 Å². The lowest BCUT2D eigenvalue weighted by Gasteiger charge is -2.20. The van der Waals surface area contributed by atoms with Crippen LogP contribution < -0.4 is 4.74 Å². The average molecular weight is 307 g/mol. The molecule has 7 nitrogen and oxygen atoms in total. The Balaban J connectivity index is 2.60. The van der Waals surface area contributed by atoms with Gasteiger partial charge in [-0.25, -0.2) is 4.79 Å². The Hall–Kier alpha value is -2.58. The molecule has 1 heterocycles. The molecule has 0 unspecified atom stereocenters. The van der Waals surface area contributed by atoms with E-state index in [9.17, 15) is 9.59 Å². The monoisotopic (exact) mass is 307 g/mol. The highest BCUT2D eigenvalue weighted by Crippen LogP contribution is 2.24. The molecular weight excluding hydrogens is 294 g/mol. The van der Waals surface area contributed by atoms with Gasteiger partial charge in [-0.15, -0.1) is 11.3 Å². The minimum absolute atomic E-state index is 0.0309. The van der Waals surface area contributed by atoms with Gasteiger partial charge in [0.25, 0.3) is 5.91 Å². The van der Waals surface area contributed by atoms with Crippen molar-refractivity contribution in [2.24, 2.45) is 0 Å². The van der Waals surface area contributed by atoms with Crippen LogP contribution in [0.15, 0.2) is 11.4 Å². The number of ether oxygens (including phenoxy) is 1. The average Bonchev–Trinajstić information content (AvgIpc) is 2.93. The second-order valence-electron chi connectivity index (χ2n) is 3.90. The van der Waals surface area contributed by atoms with E-state index in [1.807, 2.05) is 12.1 Å². The second kappa shape index (κ2) is 8.56. The van der Waals surface area contributed by atoms with E-state index < -0.39 is 5.97 Å². The summed E-state index contributed by atoms with van der Waals surface area (Å²) in [5.41, 5.74) is 0. The van der Waals surface area contributed by atoms with Crippen molar-refractivity contribution in [2.75, 3.05) is 19.7 Å². The predicted molar refractivity (Wildman–Crippen MR) is 73.8 cm³/mol. The first-order valence-electron chi connectivity index (χ1n) is 6.05. The molecule has 0 radical (unpaired) electrons. The van der Waals surface area contributed by atoms with Gasteiger partial charge in [-0.3, -0.25) is 4.79 Å². The van der Waals surface area contributed by atoms with Crippen molar-refractivity contribution in [1.29, 1.82) is 10.5 Å². The first kappa shape index (κ1) is 16.5. The Morgan fingerprint density at radius 2 is 1.90 bits per heavy atom. The van der Waals surface area contributed by atoms with Gasteiger partial charge in [0.1, 0.15) is 5.75 Å². The molecule has 0 aliphatic carbocycles. The summed E-state index contributed by atoms with van der Waals surface area (Å²) in [6, 6.07) is 5.34. The molecule has 0 aliphatic heterocycles. The number of hydrogen-bond acceptors (Lipinski definition) is 6. The fourth-order valence-corrected chi connectivity index (χ4v) is 2.20. The van der Waals surface area contributed by atoms with E-state index in [2.05, 4.69) is 0 Å². The molecule has 1 aromatic rings. The van der Waals surface area contributed by atoms with Crippen LogP contribution in [0.2, 0.25) is 0 Å². The number of nitriles is 2. The largest absolute Gasteiger partial charge is 0.482 e. The third-order valence-electron chi connectivity index (χ3n) is 2.51. The molecule has 0 saturated heterocycles. The van der Waals surface area contributed by atoms with Crippen LogP contribution in [0.4, 0.5) is 0 Å². The second-order valence-corrected chi connectivity index (χ2v) is 4.82. The Morgan fingerprint density at radius 3 is 2.43 bits per heavy atom. The highest BCUT2D eigenvalue weighted by Gasteiger charge is 2.17. The third kappa shape index (κ3) is 5.13. The highest BCUT2D eigenvalue weighted by atomic mass is 32.1. The molecule has 0 fully saturated rings. The van der Waals surface area contributed by atoms with Gasteiger partial charge in [-0.2, -0.15) is 10.5 Å². The minimum atomic E-state index is -1.11. The molecule has 0 aromatic carbocycles. The van der Waals surface area contributed by atoms with Gasteiger partial charge in [0.15, 0.2) is 11.5 Å². The number of hydrogen-bond donors (Lipinski definition) is 1. The van der Waals surface area contributed by atoms with Crippen LogP contribution in [0.25, 0.3) is 0 Å². The number of nitrogens with zero attached hydrogens (tertiary/aromatic N) is 3. The number of carbonyl (C=O) groups excluding carboxylic acids is 1. The smallest absolute Gasteiger partial charge is 0.349 e. The van der Waals surface area contributed by atoms with Gasteiger partial charge in [0.2, 0.25) is 0 Å². The minimum Gasteiger partial charge on any atom is -0.482 e. The molecule has 0 bridgehead atoms. The molecule has 0 spiro atoms. The summed E-state index contributed by atoms with van der Waals surface area (Å²) in [7, 11) is 0. The van der Waals surface area contributed by atoms with Crippen molar-refractivity contribution >= 4 is 23.2 Å². The Labute approximate surface area is 125 Å². The van der Waals surface area contributed by atoms with E-state index in [1.54, 1.807) is 5.38 Å². The number of thiophene rings is 1. The maximum Gasteiger partial charge on any atom is 0.349 e. The Kier molecular flexibility index (Phi) is 6.72. The molecule has 0 atom stereocenters. The normalized spacial score (nSPS) is 9.43. The zero-order valence-electron chi connectivity index (χ0n) is 11.1. The van der Waals surface area contributed by atoms with Crippen LogP contribution in [0.5, 0.6) is 5.75 Å². The van der Waals surface area contributed by atoms with Gasteiger partial charge in [-0.05, 0) is 11.4 Å². The summed E-state index contributed by atoms with van der Waals surface area (Å²) in [4.78, 5) is 24.3. The molecule has 0 saturated carbocycles. The number of carboxylic acids is 1. The number of amides is 1. The van der Waals surface area contributed by atoms with Crippen molar-refractivity contribution in [3.63, 3.8) is 0 Å². The van der Waals surface area contributed by atoms with Gasteiger partial charge in [0.05, 0.1) is 25.0 Å². The van der Waals surface area contributed by atoms with Crippen molar-refractivity contribution < 1.29 is 19.4 Å². The van der Waals surface area contributed by atoms with E-state index in [0.29, 0.717) is 0 Å². The Bertz CT molecular complexity index is 567. The van der Waals surface area contributed by atoms with Gasteiger partial charge in [0, 0.05) is 13.1 Å². The maximum atomic E-state index is 12.0. The molecule has 21 heavy (non-hydrogen) atoms. The first-order valence-corrected chi connectivity index (χ1v) is 6.93. The summed E-state index contributed by atoms with van der Waals surface area (Å²) in [5.74, 6) is -1.36. The summed E-state index contributed by atoms with van der Waals surface area (Å²) < 4.78 is 5.21. The van der Waals surface area contributed by atoms with Crippen molar-refractivity contribution in [3.8, 4) is 17.9 Å². The lowest BCUT2D eigenvalue weighted by molar-refractivity contribution is -0.133. The zero-order chi connectivity index (χ0) is 15.7. The molecule has 1 amide bonds. The molecular formula is C13H13N3O4S. The lowest BCUT2D eigenvalue weighted by atomic mass is 10.3. The van der Waals surface area contributed by atoms with Gasteiger partial charge >= 0.3 is 5.97 Å². The van der Waals surface area contributed by atoms with Crippen LogP contribution in [0.1, 0.15) is 22.5 Å². The molecule has 1 N–H and O–H groups in total. The molecule has 0 aliphatic rings. The van der Waals surface area contributed by atoms with Crippen molar-refractivity contribution in [2.45, 2.75) is 12.8 Å². The number of rotatable bonds is 8. The van der Waals surface area contributed by atoms with Crippen LogP contribution in [0, 0.1) is 22.7 Å². The number of aromatic carboxylic acids is 1. The summed E-state index contributed by atoms with van der Waals surface area (Å²) in [5, 5.41) is 27.6. The highest BCUT2D eigenvalue weighted by molar-refractivity contribution is 7.12. The third-order valence-corrected chi connectivity index (χ3v) is 3.40. The fraction of sp³-hybridized carbons (Fsp3) is 0.385. The van der Waals surface area contributed by atoms with E-state index in [0.717, 1.165) is 11.3 Å². The first-order chi connectivity index (χ1) is 10.1. The van der Waals surface area contributed by atoms with E-state index in [4.69, 9.17) is 20.4 Å². The maximum absolute atomic E-state index is 12.0. The summed E-state index contributed by atoms with van der Waals surface area (Å²) in [6.07, 6.45) is 0.325. The van der Waals surface area contributed by atoms with Crippen LogP contribution in [0.3, 0.4) is 0 Å². The van der Waals surface area contributed by atoms with Crippen LogP contribution >= 0.6 is 11.3 Å². The standard InChI is InChI=1S/C13H13N3O4S/c14-4-1-6-16(7-2-5-15)11(17)9-20-10-3-8-21-12(10)13(18)19/h3,8H,1-2,6-7,9H2,(H,18,19). The van der Waals surface area contributed by atoms with Gasteiger partial charge in [-0.1, -0.05) is 0 Å². The molecule has 8 heteroatoms. The summed E-state index contributed by atoms with van der Waals surface area (Å²) >= 11 is 1.01. The molecule has 1 rings (SSSR count). The lowest BCUT2D eigenvalue weighted by Crippen LogP contribution is -2.36. The molecule has 1 aromatic heterocycles. The SMILES string of the molecule is N#CCCN(CCC#N)C(=O)COc1ccsc1C(=O)O. The van der Waals surface area contributed by atoms with Crippen molar-refractivity contribution in [3.05, 3.63) is 16.3 Å². The topological polar surface area (TPSA) is 114 Å². The van der Waals surface area contributed by atoms with Crippen LogP contribution in [-0.2, 0) is 4.79 Å². The quantitative estimate of drug-likeness (QED) is 0.778. The van der Waals surface area contributed by atoms with E-state index in [-0.39, 0.29) is 49.1 Å². The predicted octanol–water partition coefficient (Wildman–Crippen LogP) is 1.48. The number of carboxylic acid groups (broad SMARTS) is 1.